The Bertz CT molecular complexity index is 323. The smallest absolute Gasteiger partial charge is 0.0900 e. The molecular formula is C11H17ClN2O2. The first-order valence-electron chi connectivity index (χ1n) is 5.07. The van der Waals surface area contributed by atoms with Gasteiger partial charge < -0.3 is 9.84 Å². The maximum absolute atomic E-state index is 9.55. The van der Waals surface area contributed by atoms with E-state index >= 15 is 0 Å². The highest BCUT2D eigenvalue weighted by Gasteiger charge is 2.09. The Morgan fingerprint density at radius 2 is 2.38 bits per heavy atom. The SMILES string of the molecule is COCC(O)CN(C)Cc1ccncc1Cl. The quantitative estimate of drug-likeness (QED) is 0.816. The van der Waals surface area contributed by atoms with E-state index in [1.807, 2.05) is 18.0 Å². The lowest BCUT2D eigenvalue weighted by Crippen LogP contribution is -2.31. The van der Waals surface area contributed by atoms with E-state index in [1.165, 1.54) is 0 Å². The molecule has 1 heterocycles. The monoisotopic (exact) mass is 244 g/mol. The van der Waals surface area contributed by atoms with Crippen LogP contribution in [0.15, 0.2) is 18.5 Å². The van der Waals surface area contributed by atoms with Crippen molar-refractivity contribution in [3.8, 4) is 0 Å². The fourth-order valence-electron chi connectivity index (χ4n) is 1.49. The fourth-order valence-corrected chi connectivity index (χ4v) is 1.67. The summed E-state index contributed by atoms with van der Waals surface area (Å²) in [6.45, 7) is 1.57. The van der Waals surface area contributed by atoms with Gasteiger partial charge in [-0.25, -0.2) is 0 Å². The summed E-state index contributed by atoms with van der Waals surface area (Å²) in [4.78, 5) is 5.91. The van der Waals surface area contributed by atoms with Gasteiger partial charge in [-0.05, 0) is 18.7 Å². The molecule has 5 heteroatoms. The summed E-state index contributed by atoms with van der Waals surface area (Å²) in [7, 11) is 3.50. The minimum absolute atomic E-state index is 0.342. The van der Waals surface area contributed by atoms with Crippen molar-refractivity contribution in [3.05, 3.63) is 29.0 Å². The number of rotatable bonds is 6. The van der Waals surface area contributed by atoms with Crippen LogP contribution in [0, 0.1) is 0 Å². The standard InChI is InChI=1S/C11H17ClN2O2/c1-14(7-10(15)8-16-2)6-9-3-4-13-5-11(9)12/h3-5,10,15H,6-8H2,1-2H3. The van der Waals surface area contributed by atoms with Crippen molar-refractivity contribution >= 4 is 11.6 Å². The number of pyridine rings is 1. The summed E-state index contributed by atoms with van der Waals surface area (Å²) < 4.78 is 4.87. The van der Waals surface area contributed by atoms with Crippen LogP contribution in [0.5, 0.6) is 0 Å². The van der Waals surface area contributed by atoms with E-state index in [1.54, 1.807) is 19.5 Å². The molecule has 0 aliphatic rings. The lowest BCUT2D eigenvalue weighted by Gasteiger charge is -2.20. The van der Waals surface area contributed by atoms with E-state index in [9.17, 15) is 5.11 Å². The second-order valence-electron chi connectivity index (χ2n) is 3.77. The van der Waals surface area contributed by atoms with E-state index in [4.69, 9.17) is 16.3 Å². The van der Waals surface area contributed by atoms with Gasteiger partial charge in [-0.2, -0.15) is 0 Å². The number of halogens is 1. The topological polar surface area (TPSA) is 45.6 Å². The summed E-state index contributed by atoms with van der Waals surface area (Å²) in [6, 6.07) is 1.88. The Kier molecular flexibility index (Phi) is 5.69. The molecule has 0 fully saturated rings. The number of methoxy groups -OCH3 is 1. The van der Waals surface area contributed by atoms with Crippen LogP contribution in [0.3, 0.4) is 0 Å². The van der Waals surface area contributed by atoms with E-state index in [-0.39, 0.29) is 0 Å². The Balaban J connectivity index is 2.45. The molecule has 0 aliphatic carbocycles. The number of likely N-dealkylation sites (N-methyl/N-ethyl adjacent to an activating group) is 1. The molecule has 0 aromatic carbocycles. The van der Waals surface area contributed by atoms with Gasteiger partial charge in [-0.3, -0.25) is 9.88 Å². The average Bonchev–Trinajstić information content (AvgIpc) is 2.21. The van der Waals surface area contributed by atoms with Crippen molar-refractivity contribution < 1.29 is 9.84 Å². The summed E-state index contributed by atoms with van der Waals surface area (Å²) in [5, 5.41) is 10.2. The van der Waals surface area contributed by atoms with Crippen molar-refractivity contribution in [2.75, 3.05) is 27.3 Å². The molecule has 0 saturated carbocycles. The molecular weight excluding hydrogens is 228 g/mol. The van der Waals surface area contributed by atoms with Gasteiger partial charge in [0.2, 0.25) is 0 Å². The first kappa shape index (κ1) is 13.4. The van der Waals surface area contributed by atoms with Crippen LogP contribution in [-0.4, -0.2) is 48.4 Å². The van der Waals surface area contributed by atoms with Crippen LogP contribution >= 0.6 is 11.6 Å². The van der Waals surface area contributed by atoms with E-state index in [0.717, 1.165) is 5.56 Å². The zero-order valence-electron chi connectivity index (χ0n) is 9.56. The average molecular weight is 245 g/mol. The Labute approximate surface area is 101 Å². The van der Waals surface area contributed by atoms with Gasteiger partial charge in [0.05, 0.1) is 17.7 Å². The molecule has 1 rings (SSSR count). The molecule has 1 aromatic heterocycles. The molecule has 0 bridgehead atoms. The third kappa shape index (κ3) is 4.45. The van der Waals surface area contributed by atoms with Crippen LogP contribution in [0.2, 0.25) is 5.02 Å². The molecule has 1 unspecified atom stereocenters. The molecule has 0 spiro atoms. The maximum atomic E-state index is 9.55. The number of aliphatic hydroxyl groups excluding tert-OH is 1. The van der Waals surface area contributed by atoms with Crippen LogP contribution < -0.4 is 0 Å². The summed E-state index contributed by atoms with van der Waals surface area (Å²) in [5.41, 5.74) is 1.00. The summed E-state index contributed by atoms with van der Waals surface area (Å²) in [6.07, 6.45) is 2.85. The lowest BCUT2D eigenvalue weighted by molar-refractivity contribution is 0.0419. The van der Waals surface area contributed by atoms with E-state index in [2.05, 4.69) is 4.98 Å². The zero-order valence-corrected chi connectivity index (χ0v) is 10.3. The number of aromatic nitrogens is 1. The van der Waals surface area contributed by atoms with Crippen LogP contribution in [-0.2, 0) is 11.3 Å². The van der Waals surface area contributed by atoms with Gasteiger partial charge in [0.25, 0.3) is 0 Å². The molecule has 16 heavy (non-hydrogen) atoms. The van der Waals surface area contributed by atoms with E-state index < -0.39 is 6.10 Å². The van der Waals surface area contributed by atoms with Crippen LogP contribution in [0.25, 0.3) is 0 Å². The van der Waals surface area contributed by atoms with Gasteiger partial charge in [0, 0.05) is 32.6 Å². The van der Waals surface area contributed by atoms with Crippen molar-refractivity contribution in [2.45, 2.75) is 12.6 Å². The number of nitrogens with zero attached hydrogens (tertiary/aromatic N) is 2. The van der Waals surface area contributed by atoms with Crippen molar-refractivity contribution in [3.63, 3.8) is 0 Å². The van der Waals surface area contributed by atoms with Crippen molar-refractivity contribution in [1.29, 1.82) is 0 Å². The van der Waals surface area contributed by atoms with Gasteiger partial charge >= 0.3 is 0 Å². The maximum Gasteiger partial charge on any atom is 0.0900 e. The molecule has 1 aromatic rings. The molecule has 0 aliphatic heterocycles. The third-order valence-corrected chi connectivity index (χ3v) is 2.52. The van der Waals surface area contributed by atoms with Crippen molar-refractivity contribution in [2.24, 2.45) is 0 Å². The third-order valence-electron chi connectivity index (χ3n) is 2.18. The summed E-state index contributed by atoms with van der Waals surface area (Å²) >= 11 is 5.99. The van der Waals surface area contributed by atoms with Gasteiger partial charge in [0.1, 0.15) is 0 Å². The fraction of sp³-hybridized carbons (Fsp3) is 0.545. The van der Waals surface area contributed by atoms with E-state index in [0.29, 0.717) is 24.7 Å². The molecule has 1 N–H and O–H groups in total. The van der Waals surface area contributed by atoms with Gasteiger partial charge in [-0.1, -0.05) is 11.6 Å². The van der Waals surface area contributed by atoms with Crippen LogP contribution in [0.1, 0.15) is 5.56 Å². The van der Waals surface area contributed by atoms with Gasteiger partial charge in [0.15, 0.2) is 0 Å². The number of ether oxygens (including phenoxy) is 1. The first-order valence-corrected chi connectivity index (χ1v) is 5.45. The zero-order chi connectivity index (χ0) is 12.0. The molecule has 0 amide bonds. The largest absolute Gasteiger partial charge is 0.389 e. The molecule has 0 saturated heterocycles. The minimum atomic E-state index is -0.476. The normalized spacial score (nSPS) is 13.1. The predicted molar refractivity (Wildman–Crippen MR) is 63.5 cm³/mol. The minimum Gasteiger partial charge on any atom is -0.389 e. The second-order valence-corrected chi connectivity index (χ2v) is 4.18. The Morgan fingerprint density at radius 3 is 3.00 bits per heavy atom. The lowest BCUT2D eigenvalue weighted by atomic mass is 10.2. The Hall–Kier alpha value is -0.680. The molecule has 90 valence electrons. The molecule has 0 radical (unpaired) electrons. The highest BCUT2D eigenvalue weighted by molar-refractivity contribution is 6.31. The van der Waals surface area contributed by atoms with Crippen LogP contribution in [0.4, 0.5) is 0 Å². The highest BCUT2D eigenvalue weighted by atomic mass is 35.5. The van der Waals surface area contributed by atoms with Gasteiger partial charge in [-0.15, -0.1) is 0 Å². The molecule has 1 atom stereocenters. The predicted octanol–water partition coefficient (Wildman–Crippen LogP) is 1.17. The number of aliphatic hydroxyl groups is 1. The number of hydrogen-bond acceptors (Lipinski definition) is 4. The highest BCUT2D eigenvalue weighted by Crippen LogP contribution is 2.14. The first-order chi connectivity index (χ1) is 7.63. The second kappa shape index (κ2) is 6.81. The number of hydrogen-bond donors (Lipinski definition) is 1. The van der Waals surface area contributed by atoms with Crippen molar-refractivity contribution in [1.82, 2.24) is 9.88 Å². The Morgan fingerprint density at radius 1 is 1.62 bits per heavy atom. The molecule has 4 nitrogen and oxygen atoms in total. The summed E-state index contributed by atoms with van der Waals surface area (Å²) in [5.74, 6) is 0.